The van der Waals surface area contributed by atoms with E-state index in [1.165, 1.54) is 0 Å². The number of ether oxygens (including phenoxy) is 1. The largest absolute Gasteiger partial charge is 0.504 e. The van der Waals surface area contributed by atoms with Gasteiger partial charge in [-0.05, 0) is 48.8 Å². The number of pyridine rings is 1. The van der Waals surface area contributed by atoms with E-state index in [0.29, 0.717) is 12.8 Å². The summed E-state index contributed by atoms with van der Waals surface area (Å²) in [4.78, 5) is 30.1. The summed E-state index contributed by atoms with van der Waals surface area (Å²) in [6.45, 7) is 1.95. The Morgan fingerprint density at radius 1 is 1.14 bits per heavy atom. The van der Waals surface area contributed by atoms with Crippen molar-refractivity contribution in [2.24, 2.45) is 11.8 Å². The number of aliphatic hydroxyl groups excluding tert-OH is 1. The third-order valence-corrected chi connectivity index (χ3v) is 5.94. The fraction of sp³-hybridized carbons (Fsp3) is 0.375. The van der Waals surface area contributed by atoms with Gasteiger partial charge < -0.3 is 9.84 Å². The molecule has 4 rings (SSSR count). The Balaban J connectivity index is 1.64. The van der Waals surface area contributed by atoms with Crippen LogP contribution >= 0.6 is 0 Å². The van der Waals surface area contributed by atoms with Crippen LogP contribution in [0.3, 0.4) is 0 Å². The van der Waals surface area contributed by atoms with Crippen LogP contribution in [0.25, 0.3) is 0 Å². The number of hydrogen-bond acceptors (Lipinski definition) is 5. The molecule has 1 N–H and O–H groups in total. The molecule has 0 amide bonds. The second-order valence-corrected chi connectivity index (χ2v) is 7.91. The van der Waals surface area contributed by atoms with E-state index in [4.69, 9.17) is 4.74 Å². The molecule has 0 bridgehead atoms. The van der Waals surface area contributed by atoms with Gasteiger partial charge in [-0.2, -0.15) is 0 Å². The minimum atomic E-state index is -0.966. The Bertz CT molecular complexity index is 918. The number of ketones is 1. The normalized spacial score (nSPS) is 21.6. The molecule has 1 aromatic carbocycles. The lowest BCUT2D eigenvalue weighted by Gasteiger charge is -2.31. The number of hydrogen-bond donors (Lipinski definition) is 1. The van der Waals surface area contributed by atoms with Crippen LogP contribution in [0, 0.1) is 11.8 Å². The molecule has 0 spiro atoms. The highest BCUT2D eigenvalue weighted by molar-refractivity contribution is 6.09. The minimum Gasteiger partial charge on any atom is -0.504 e. The van der Waals surface area contributed by atoms with Crippen LogP contribution in [0.4, 0.5) is 0 Å². The quantitative estimate of drug-likeness (QED) is 0.718. The molecule has 1 aromatic heterocycles. The Morgan fingerprint density at radius 2 is 1.90 bits per heavy atom. The van der Waals surface area contributed by atoms with E-state index in [0.717, 1.165) is 24.0 Å². The second kappa shape index (κ2) is 8.19. The Labute approximate surface area is 170 Å². The van der Waals surface area contributed by atoms with E-state index in [1.807, 2.05) is 49.4 Å². The number of benzene rings is 1. The Kier molecular flexibility index (Phi) is 5.47. The van der Waals surface area contributed by atoms with E-state index in [1.54, 1.807) is 12.4 Å². The number of carbonyl (C=O) groups is 2. The van der Waals surface area contributed by atoms with Gasteiger partial charge in [-0.15, -0.1) is 0 Å². The van der Waals surface area contributed by atoms with Crippen LogP contribution in [-0.2, 0) is 20.7 Å². The maximum absolute atomic E-state index is 13.0. The van der Waals surface area contributed by atoms with Gasteiger partial charge >= 0.3 is 5.97 Å². The van der Waals surface area contributed by atoms with Crippen LogP contribution in [0.1, 0.15) is 43.2 Å². The first-order valence-electron chi connectivity index (χ1n) is 10.2. The molecule has 29 heavy (non-hydrogen) atoms. The fourth-order valence-electron chi connectivity index (χ4n) is 4.23. The average Bonchev–Trinajstić information content (AvgIpc) is 3.58. The highest BCUT2D eigenvalue weighted by atomic mass is 16.6. The van der Waals surface area contributed by atoms with Crippen molar-refractivity contribution < 1.29 is 19.4 Å². The molecule has 1 fully saturated rings. The molecule has 1 aliphatic heterocycles. The van der Waals surface area contributed by atoms with Gasteiger partial charge in [0.1, 0.15) is 0 Å². The zero-order chi connectivity index (χ0) is 20.4. The van der Waals surface area contributed by atoms with Crippen molar-refractivity contribution >= 4 is 11.8 Å². The molecular formula is C24H25NO4. The standard InChI is InChI=1S/C24H25NO4/c1-2-16(13-15-7-6-12-25-14-15)23-22(27)21(26)20(24(28)29-23)19(18-10-11-18)17-8-4-3-5-9-17/h3-9,12,14,16,18-19,23,26H,2,10-11,13H2,1H3. The molecule has 150 valence electrons. The monoisotopic (exact) mass is 391 g/mol. The van der Waals surface area contributed by atoms with Crippen molar-refractivity contribution in [1.82, 2.24) is 4.98 Å². The molecule has 2 heterocycles. The number of aliphatic hydroxyl groups is 1. The molecule has 3 unspecified atom stereocenters. The van der Waals surface area contributed by atoms with Crippen molar-refractivity contribution in [2.45, 2.75) is 44.6 Å². The van der Waals surface area contributed by atoms with E-state index < -0.39 is 23.6 Å². The first kappa shape index (κ1) is 19.4. The first-order valence-corrected chi connectivity index (χ1v) is 10.2. The van der Waals surface area contributed by atoms with Gasteiger partial charge in [0.15, 0.2) is 11.9 Å². The molecule has 2 aromatic rings. The summed E-state index contributed by atoms with van der Waals surface area (Å²) in [5.41, 5.74) is 2.02. The number of esters is 1. The van der Waals surface area contributed by atoms with Crippen LogP contribution in [0.5, 0.6) is 0 Å². The van der Waals surface area contributed by atoms with Gasteiger partial charge in [0.25, 0.3) is 0 Å². The Hall–Kier alpha value is -2.95. The molecule has 5 nitrogen and oxygen atoms in total. The highest BCUT2D eigenvalue weighted by Crippen LogP contribution is 2.48. The van der Waals surface area contributed by atoms with Crippen molar-refractivity contribution in [3.05, 3.63) is 77.3 Å². The molecular weight excluding hydrogens is 366 g/mol. The van der Waals surface area contributed by atoms with Gasteiger partial charge in [-0.3, -0.25) is 9.78 Å². The number of nitrogens with zero attached hydrogens (tertiary/aromatic N) is 1. The molecule has 1 aliphatic carbocycles. The SMILES string of the molecule is CCC(Cc1cccnc1)C1OC(=O)C(C(c2ccccc2)C2CC2)=C(O)C1=O. The number of aromatic nitrogens is 1. The number of cyclic esters (lactones) is 1. The second-order valence-electron chi connectivity index (χ2n) is 7.91. The van der Waals surface area contributed by atoms with E-state index in [-0.39, 0.29) is 23.3 Å². The summed E-state index contributed by atoms with van der Waals surface area (Å²) in [6, 6.07) is 13.4. The van der Waals surface area contributed by atoms with Gasteiger partial charge in [0.2, 0.25) is 5.78 Å². The number of carbonyl (C=O) groups excluding carboxylic acids is 2. The minimum absolute atomic E-state index is 0.121. The lowest BCUT2D eigenvalue weighted by Crippen LogP contribution is -2.42. The predicted octanol–water partition coefficient (Wildman–Crippen LogP) is 4.15. The molecule has 5 heteroatoms. The van der Waals surface area contributed by atoms with Crippen molar-refractivity contribution in [1.29, 1.82) is 0 Å². The zero-order valence-corrected chi connectivity index (χ0v) is 16.5. The lowest BCUT2D eigenvalue weighted by atomic mass is 9.81. The van der Waals surface area contributed by atoms with Gasteiger partial charge in [-0.1, -0.05) is 43.3 Å². The van der Waals surface area contributed by atoms with Crippen molar-refractivity contribution in [2.75, 3.05) is 0 Å². The Morgan fingerprint density at radius 3 is 2.52 bits per heavy atom. The van der Waals surface area contributed by atoms with E-state index in [9.17, 15) is 14.7 Å². The van der Waals surface area contributed by atoms with Crippen LogP contribution in [0.2, 0.25) is 0 Å². The molecule has 2 aliphatic rings. The third kappa shape index (κ3) is 3.95. The molecule has 0 radical (unpaired) electrons. The summed E-state index contributed by atoms with van der Waals surface area (Å²) in [6.07, 6.45) is 5.62. The van der Waals surface area contributed by atoms with Crippen LogP contribution in [0.15, 0.2) is 66.2 Å². The first-order chi connectivity index (χ1) is 14.1. The predicted molar refractivity (Wildman–Crippen MR) is 108 cm³/mol. The number of Topliss-reactive ketones (excluding diaryl/α,β-unsaturated/α-hetero) is 1. The molecule has 1 saturated carbocycles. The fourth-order valence-corrected chi connectivity index (χ4v) is 4.23. The van der Waals surface area contributed by atoms with Crippen molar-refractivity contribution in [3.63, 3.8) is 0 Å². The average molecular weight is 391 g/mol. The summed E-state index contributed by atoms with van der Waals surface area (Å²) >= 11 is 0. The third-order valence-electron chi connectivity index (χ3n) is 5.94. The summed E-state index contributed by atoms with van der Waals surface area (Å²) in [7, 11) is 0. The maximum Gasteiger partial charge on any atom is 0.339 e. The summed E-state index contributed by atoms with van der Waals surface area (Å²) in [5, 5.41) is 10.8. The van der Waals surface area contributed by atoms with Crippen LogP contribution < -0.4 is 0 Å². The maximum atomic E-state index is 13.0. The number of rotatable bonds is 7. The van der Waals surface area contributed by atoms with E-state index >= 15 is 0 Å². The summed E-state index contributed by atoms with van der Waals surface area (Å²) < 4.78 is 5.66. The van der Waals surface area contributed by atoms with Crippen LogP contribution in [-0.4, -0.2) is 27.9 Å². The highest BCUT2D eigenvalue weighted by Gasteiger charge is 2.47. The molecule has 0 saturated heterocycles. The van der Waals surface area contributed by atoms with Gasteiger partial charge in [-0.25, -0.2) is 4.79 Å². The van der Waals surface area contributed by atoms with Crippen molar-refractivity contribution in [3.8, 4) is 0 Å². The smallest absolute Gasteiger partial charge is 0.339 e. The van der Waals surface area contributed by atoms with Gasteiger partial charge in [0, 0.05) is 24.2 Å². The van der Waals surface area contributed by atoms with E-state index in [2.05, 4.69) is 4.98 Å². The summed E-state index contributed by atoms with van der Waals surface area (Å²) in [5.74, 6) is -1.74. The van der Waals surface area contributed by atoms with Gasteiger partial charge in [0.05, 0.1) is 5.57 Å². The zero-order valence-electron chi connectivity index (χ0n) is 16.5. The topological polar surface area (TPSA) is 76.5 Å². The lowest BCUT2D eigenvalue weighted by molar-refractivity contribution is -0.158. The molecule has 3 atom stereocenters.